The molecule has 0 bridgehead atoms. The third-order valence-corrected chi connectivity index (χ3v) is 7.57. The molecule has 0 saturated carbocycles. The molecule has 0 aliphatic carbocycles. The molecule has 0 spiro atoms. The van der Waals surface area contributed by atoms with Crippen LogP contribution in [0.15, 0.2) is 54.7 Å². The van der Waals surface area contributed by atoms with E-state index < -0.39 is 28.6 Å². The molecule has 2 atom stereocenters. The van der Waals surface area contributed by atoms with E-state index in [1.54, 1.807) is 31.3 Å². The second kappa shape index (κ2) is 10.4. The zero-order chi connectivity index (χ0) is 29.5. The minimum Gasteiger partial charge on any atom is -0.494 e. The average molecular weight is 559 g/mol. The number of nitrogens with one attached hydrogen (secondary N) is 1. The Hall–Kier alpha value is -4.57. The van der Waals surface area contributed by atoms with Gasteiger partial charge in [-0.3, -0.25) is 14.6 Å². The molecule has 3 heterocycles. The van der Waals surface area contributed by atoms with E-state index in [0.29, 0.717) is 39.4 Å². The Morgan fingerprint density at radius 1 is 1.22 bits per heavy atom. The van der Waals surface area contributed by atoms with Crippen LogP contribution in [0.2, 0.25) is 0 Å². The van der Waals surface area contributed by atoms with Gasteiger partial charge in [0.1, 0.15) is 46.1 Å². The molecule has 0 fully saturated rings. The summed E-state index contributed by atoms with van der Waals surface area (Å²) >= 11 is 0. The summed E-state index contributed by atoms with van der Waals surface area (Å²) in [6.07, 6.45) is 2.57. The quantitative estimate of drug-likeness (QED) is 0.299. The number of aryl methyl sites for hydroxylation is 1. The first-order chi connectivity index (χ1) is 19.5. The molecule has 0 unspecified atom stereocenters. The van der Waals surface area contributed by atoms with Gasteiger partial charge in [-0.1, -0.05) is 6.92 Å². The molecule has 10 heteroatoms. The van der Waals surface area contributed by atoms with Crippen LogP contribution in [0.4, 0.5) is 4.39 Å². The highest BCUT2D eigenvalue weighted by Crippen LogP contribution is 2.45. The fourth-order valence-electron chi connectivity index (χ4n) is 4.85. The van der Waals surface area contributed by atoms with E-state index in [1.165, 1.54) is 38.3 Å². The Kier molecular flexibility index (Phi) is 7.12. The van der Waals surface area contributed by atoms with Crippen LogP contribution in [0.1, 0.15) is 48.0 Å². The van der Waals surface area contributed by atoms with Crippen molar-refractivity contribution in [3.63, 3.8) is 0 Å². The standard InChI is InChI=1S/C31H31FN4O5/c1-5-17-10-19-11-20(12-23(40-4)25(19)34-14-17)28(37)35-15-31(3,39)24-13-22-27(41-16-30(22,2)29(33)38)26(36-24)18-6-8-21(32)9-7-18/h6-14,39H,5,15-16H2,1-4H3,(H2,33,38)(H,35,37)/t30-,31-/m0/s1. The lowest BCUT2D eigenvalue weighted by Gasteiger charge is -2.26. The molecule has 9 nitrogen and oxygen atoms in total. The van der Waals surface area contributed by atoms with Gasteiger partial charge in [-0.25, -0.2) is 9.37 Å². The Morgan fingerprint density at radius 2 is 1.95 bits per heavy atom. The third-order valence-electron chi connectivity index (χ3n) is 7.57. The van der Waals surface area contributed by atoms with Crippen LogP contribution >= 0.6 is 0 Å². The monoisotopic (exact) mass is 558 g/mol. The van der Waals surface area contributed by atoms with Crippen LogP contribution in [-0.4, -0.2) is 47.2 Å². The van der Waals surface area contributed by atoms with E-state index in [0.717, 1.165) is 17.4 Å². The molecule has 1 aliphatic rings. The number of carbonyl (C=O) groups excluding carboxylic acids is 2. The maximum atomic E-state index is 13.7. The van der Waals surface area contributed by atoms with Crippen LogP contribution in [-0.2, 0) is 22.2 Å². The van der Waals surface area contributed by atoms with Crippen molar-refractivity contribution < 1.29 is 28.6 Å². The minimum absolute atomic E-state index is 0.00568. The van der Waals surface area contributed by atoms with Gasteiger partial charge < -0.3 is 25.6 Å². The number of hydrogen-bond donors (Lipinski definition) is 3. The Labute approximate surface area is 236 Å². The van der Waals surface area contributed by atoms with Crippen molar-refractivity contribution in [3.8, 4) is 22.8 Å². The SMILES string of the molecule is CCc1cnc2c(OC)cc(C(=O)NC[C@](C)(O)c3cc4c(c(-c5ccc(F)cc5)n3)OC[C@]4(C)C(N)=O)cc2c1. The molecule has 41 heavy (non-hydrogen) atoms. The molecule has 5 rings (SSSR count). The zero-order valence-electron chi connectivity index (χ0n) is 23.2. The van der Waals surface area contributed by atoms with Gasteiger partial charge in [0.2, 0.25) is 5.91 Å². The lowest BCUT2D eigenvalue weighted by Crippen LogP contribution is -2.41. The van der Waals surface area contributed by atoms with E-state index >= 15 is 0 Å². The smallest absolute Gasteiger partial charge is 0.251 e. The molecule has 2 aromatic carbocycles. The molecular formula is C31H31FN4O5. The van der Waals surface area contributed by atoms with Crippen molar-refractivity contribution in [3.05, 3.63) is 82.9 Å². The molecule has 0 saturated heterocycles. The second-order valence-corrected chi connectivity index (χ2v) is 10.6. The summed E-state index contributed by atoms with van der Waals surface area (Å²) in [7, 11) is 1.51. The highest BCUT2D eigenvalue weighted by molar-refractivity contribution is 6.00. The van der Waals surface area contributed by atoms with Crippen molar-refractivity contribution in [1.29, 1.82) is 0 Å². The Bertz CT molecular complexity index is 1670. The number of nitrogens with two attached hydrogens (primary N) is 1. The van der Waals surface area contributed by atoms with E-state index in [-0.39, 0.29) is 18.8 Å². The van der Waals surface area contributed by atoms with Crippen molar-refractivity contribution in [1.82, 2.24) is 15.3 Å². The van der Waals surface area contributed by atoms with Crippen LogP contribution < -0.4 is 20.5 Å². The number of ether oxygens (including phenoxy) is 2. The third kappa shape index (κ3) is 5.06. The first-order valence-electron chi connectivity index (χ1n) is 13.2. The molecular weight excluding hydrogens is 527 g/mol. The maximum absolute atomic E-state index is 13.7. The number of nitrogens with zero attached hydrogens (tertiary/aromatic N) is 2. The predicted octanol–water partition coefficient (Wildman–Crippen LogP) is 3.78. The number of rotatable bonds is 8. The summed E-state index contributed by atoms with van der Waals surface area (Å²) in [4.78, 5) is 34.8. The number of primary amides is 1. The van der Waals surface area contributed by atoms with Crippen molar-refractivity contribution in [2.75, 3.05) is 20.3 Å². The minimum atomic E-state index is -1.67. The Morgan fingerprint density at radius 3 is 2.61 bits per heavy atom. The highest BCUT2D eigenvalue weighted by atomic mass is 19.1. The number of hydrogen-bond acceptors (Lipinski definition) is 7. The average Bonchev–Trinajstić information content (AvgIpc) is 3.32. The van der Waals surface area contributed by atoms with Crippen LogP contribution in [0.25, 0.3) is 22.2 Å². The molecule has 4 N–H and O–H groups in total. The summed E-state index contributed by atoms with van der Waals surface area (Å²) < 4.78 is 25.0. The fraction of sp³-hybridized carbons (Fsp3) is 0.290. The number of aromatic nitrogens is 2. The van der Waals surface area contributed by atoms with E-state index in [2.05, 4.69) is 15.3 Å². The molecule has 2 aromatic heterocycles. The van der Waals surface area contributed by atoms with Crippen LogP contribution in [0.5, 0.6) is 11.5 Å². The lowest BCUT2D eigenvalue weighted by atomic mass is 9.82. The molecule has 0 radical (unpaired) electrons. The summed E-state index contributed by atoms with van der Waals surface area (Å²) in [5, 5.41) is 15.1. The van der Waals surface area contributed by atoms with E-state index in [4.69, 9.17) is 15.2 Å². The number of amides is 2. The van der Waals surface area contributed by atoms with Gasteiger partial charge in [0.15, 0.2) is 0 Å². The van der Waals surface area contributed by atoms with Crippen molar-refractivity contribution >= 4 is 22.7 Å². The molecule has 4 aromatic rings. The van der Waals surface area contributed by atoms with Gasteiger partial charge in [-0.15, -0.1) is 0 Å². The number of aliphatic hydroxyl groups is 1. The van der Waals surface area contributed by atoms with Crippen molar-refractivity contribution in [2.24, 2.45) is 5.73 Å². The first kappa shape index (κ1) is 28.0. The second-order valence-electron chi connectivity index (χ2n) is 10.6. The zero-order valence-corrected chi connectivity index (χ0v) is 23.2. The molecule has 2 amide bonds. The van der Waals surface area contributed by atoms with Gasteiger partial charge in [0.05, 0.1) is 19.3 Å². The topological polar surface area (TPSA) is 137 Å². The van der Waals surface area contributed by atoms with Gasteiger partial charge in [0, 0.05) is 28.3 Å². The number of fused-ring (bicyclic) bond motifs is 2. The van der Waals surface area contributed by atoms with Gasteiger partial charge >= 0.3 is 0 Å². The summed E-state index contributed by atoms with van der Waals surface area (Å²) in [5.74, 6) is -0.664. The normalized spacial score (nSPS) is 17.4. The van der Waals surface area contributed by atoms with E-state index in [1.807, 2.05) is 13.0 Å². The summed E-state index contributed by atoms with van der Waals surface area (Å²) in [6, 6.07) is 12.5. The summed E-state index contributed by atoms with van der Waals surface area (Å²) in [6.45, 7) is 4.97. The highest BCUT2D eigenvalue weighted by Gasteiger charge is 2.45. The number of carbonyl (C=O) groups is 2. The fourth-order valence-corrected chi connectivity index (χ4v) is 4.85. The van der Waals surface area contributed by atoms with Gasteiger partial charge in [0.25, 0.3) is 5.91 Å². The molecule has 1 aliphatic heterocycles. The Balaban J connectivity index is 1.49. The maximum Gasteiger partial charge on any atom is 0.251 e. The first-order valence-corrected chi connectivity index (χ1v) is 13.2. The van der Waals surface area contributed by atoms with Crippen molar-refractivity contribution in [2.45, 2.75) is 38.2 Å². The van der Waals surface area contributed by atoms with E-state index in [9.17, 15) is 19.1 Å². The number of benzene rings is 2. The summed E-state index contributed by atoms with van der Waals surface area (Å²) in [5.41, 5.74) is 6.39. The number of methoxy groups -OCH3 is 1. The van der Waals surface area contributed by atoms with Crippen LogP contribution in [0, 0.1) is 5.82 Å². The predicted molar refractivity (Wildman–Crippen MR) is 151 cm³/mol. The van der Waals surface area contributed by atoms with Gasteiger partial charge in [-0.2, -0.15) is 0 Å². The largest absolute Gasteiger partial charge is 0.494 e. The lowest BCUT2D eigenvalue weighted by molar-refractivity contribution is -0.123. The number of halogens is 1. The van der Waals surface area contributed by atoms with Gasteiger partial charge in [-0.05, 0) is 74.4 Å². The number of pyridine rings is 2. The van der Waals surface area contributed by atoms with Crippen LogP contribution in [0.3, 0.4) is 0 Å². The molecule has 212 valence electrons.